The molecule has 0 aliphatic carbocycles. The minimum Gasteiger partial charge on any atom is -0.489 e. The Hall–Kier alpha value is -3.48. The van der Waals surface area contributed by atoms with Crippen molar-refractivity contribution in [1.29, 1.82) is 0 Å². The molecule has 0 aromatic heterocycles. The van der Waals surface area contributed by atoms with Gasteiger partial charge < -0.3 is 15.4 Å². The average molecular weight is 400 g/mol. The smallest absolute Gasteiger partial charge is 0.246 e. The Labute approximate surface area is 166 Å². The number of carbonyl (C=O) groups excluding carboxylic acids is 1. The molecule has 29 heavy (non-hydrogen) atoms. The zero-order chi connectivity index (χ0) is 20.8. The molecule has 0 fully saturated rings. The molecule has 3 rings (SSSR count). The average Bonchev–Trinajstić information content (AvgIpc) is 2.74. The number of rotatable bonds is 7. The minimum atomic E-state index is -1.63. The highest BCUT2D eigenvalue weighted by atomic mass is 19.2. The number of ether oxygens (including phenoxy) is 1. The Balaban J connectivity index is 1.55. The van der Waals surface area contributed by atoms with Crippen LogP contribution in [-0.4, -0.2) is 11.9 Å². The highest BCUT2D eigenvalue weighted by molar-refractivity contribution is 5.96. The van der Waals surface area contributed by atoms with Gasteiger partial charge in [0.25, 0.3) is 0 Å². The molecule has 1 atom stereocenters. The molecule has 7 heteroatoms. The summed E-state index contributed by atoms with van der Waals surface area (Å²) in [4.78, 5) is 12.2. The summed E-state index contributed by atoms with van der Waals surface area (Å²) in [6, 6.07) is 17.7. The number of hydrogen-bond acceptors (Lipinski definition) is 3. The largest absolute Gasteiger partial charge is 0.489 e. The van der Waals surface area contributed by atoms with E-state index in [1.165, 1.54) is 0 Å². The van der Waals surface area contributed by atoms with Gasteiger partial charge in [-0.2, -0.15) is 0 Å². The monoisotopic (exact) mass is 400 g/mol. The summed E-state index contributed by atoms with van der Waals surface area (Å²) >= 11 is 0. The highest BCUT2D eigenvalue weighted by Crippen LogP contribution is 2.21. The molecule has 0 aliphatic heterocycles. The summed E-state index contributed by atoms with van der Waals surface area (Å²) in [6.07, 6.45) is 0. The second-order valence-electron chi connectivity index (χ2n) is 6.38. The van der Waals surface area contributed by atoms with E-state index in [-0.39, 0.29) is 0 Å². The van der Waals surface area contributed by atoms with Gasteiger partial charge in [0, 0.05) is 5.69 Å². The van der Waals surface area contributed by atoms with Crippen molar-refractivity contribution in [3.63, 3.8) is 0 Å². The van der Waals surface area contributed by atoms with Crippen LogP contribution in [0.25, 0.3) is 0 Å². The van der Waals surface area contributed by atoms with E-state index < -0.39 is 35.1 Å². The van der Waals surface area contributed by atoms with Crippen LogP contribution in [0.2, 0.25) is 0 Å². The fourth-order valence-electron chi connectivity index (χ4n) is 2.57. The van der Waals surface area contributed by atoms with Gasteiger partial charge >= 0.3 is 0 Å². The molecule has 0 aliphatic rings. The molecule has 0 unspecified atom stereocenters. The Morgan fingerprint density at radius 2 is 1.62 bits per heavy atom. The lowest BCUT2D eigenvalue weighted by Crippen LogP contribution is -2.32. The van der Waals surface area contributed by atoms with E-state index in [0.29, 0.717) is 18.0 Å². The summed E-state index contributed by atoms with van der Waals surface area (Å²) in [6.45, 7) is 2.00. The Morgan fingerprint density at radius 1 is 0.931 bits per heavy atom. The first-order chi connectivity index (χ1) is 13.9. The molecular formula is C22H19F3N2O2. The number of nitrogens with one attached hydrogen (secondary N) is 2. The van der Waals surface area contributed by atoms with E-state index in [1.807, 2.05) is 30.3 Å². The van der Waals surface area contributed by atoms with E-state index in [0.717, 1.165) is 17.7 Å². The minimum absolute atomic E-state index is 0.424. The van der Waals surface area contributed by atoms with Crippen LogP contribution >= 0.6 is 0 Å². The van der Waals surface area contributed by atoms with E-state index >= 15 is 0 Å². The topological polar surface area (TPSA) is 50.4 Å². The molecule has 0 spiro atoms. The van der Waals surface area contributed by atoms with Crippen molar-refractivity contribution in [1.82, 2.24) is 0 Å². The number of carbonyl (C=O) groups is 1. The fraction of sp³-hybridized carbons (Fsp3) is 0.136. The van der Waals surface area contributed by atoms with E-state index in [9.17, 15) is 18.0 Å². The van der Waals surface area contributed by atoms with Crippen LogP contribution in [0, 0.1) is 17.5 Å². The van der Waals surface area contributed by atoms with Crippen molar-refractivity contribution in [3.05, 3.63) is 89.7 Å². The van der Waals surface area contributed by atoms with Gasteiger partial charge in [-0.05, 0) is 48.9 Å². The van der Waals surface area contributed by atoms with Gasteiger partial charge in [-0.3, -0.25) is 4.79 Å². The Bertz CT molecular complexity index is 979. The third-order valence-electron chi connectivity index (χ3n) is 4.17. The molecule has 2 N–H and O–H groups in total. The molecule has 150 valence electrons. The summed E-state index contributed by atoms with van der Waals surface area (Å²) in [5.74, 6) is -4.32. The highest BCUT2D eigenvalue weighted by Gasteiger charge is 2.18. The molecule has 4 nitrogen and oxygen atoms in total. The van der Waals surface area contributed by atoms with Crippen LogP contribution in [0.4, 0.5) is 24.5 Å². The normalized spacial score (nSPS) is 11.6. The number of halogens is 3. The molecule has 3 aromatic carbocycles. The van der Waals surface area contributed by atoms with Gasteiger partial charge in [0.05, 0.1) is 5.69 Å². The molecule has 3 aromatic rings. The summed E-state index contributed by atoms with van der Waals surface area (Å²) in [5, 5.41) is 5.19. The van der Waals surface area contributed by atoms with Crippen LogP contribution < -0.4 is 15.4 Å². The first-order valence-corrected chi connectivity index (χ1v) is 8.91. The van der Waals surface area contributed by atoms with E-state index in [4.69, 9.17) is 4.74 Å². The number of benzene rings is 3. The van der Waals surface area contributed by atoms with Gasteiger partial charge in [0.15, 0.2) is 17.5 Å². The first-order valence-electron chi connectivity index (χ1n) is 8.91. The molecule has 0 radical (unpaired) electrons. The maximum atomic E-state index is 13.7. The lowest BCUT2D eigenvalue weighted by Gasteiger charge is -2.16. The maximum Gasteiger partial charge on any atom is 0.246 e. The second kappa shape index (κ2) is 9.14. The standard InChI is InChI=1S/C22H19F3N2O2/c1-14(22(28)27-19-12-11-18(23)20(24)21(19)25)26-16-7-9-17(10-8-16)29-13-15-5-3-2-4-6-15/h2-12,14,26H,13H2,1H3,(H,27,28)/t14-/m1/s1. The molecule has 0 saturated carbocycles. The van der Waals surface area contributed by atoms with Crippen molar-refractivity contribution in [2.24, 2.45) is 0 Å². The maximum absolute atomic E-state index is 13.7. The summed E-state index contributed by atoms with van der Waals surface area (Å²) in [7, 11) is 0. The van der Waals surface area contributed by atoms with E-state index in [1.54, 1.807) is 31.2 Å². The predicted molar refractivity (Wildman–Crippen MR) is 105 cm³/mol. The summed E-state index contributed by atoms with van der Waals surface area (Å²) in [5.41, 5.74) is 1.27. The molecule has 1 amide bonds. The quantitative estimate of drug-likeness (QED) is 0.541. The van der Waals surface area contributed by atoms with Crippen molar-refractivity contribution in [2.75, 3.05) is 10.6 Å². The lowest BCUT2D eigenvalue weighted by molar-refractivity contribution is -0.116. The predicted octanol–water partition coefficient (Wildman–Crippen LogP) is 5.12. The van der Waals surface area contributed by atoms with Crippen LogP contribution in [0.3, 0.4) is 0 Å². The SMILES string of the molecule is C[C@@H](Nc1ccc(OCc2ccccc2)cc1)C(=O)Nc1ccc(F)c(F)c1F. The van der Waals surface area contributed by atoms with Crippen LogP contribution in [0.5, 0.6) is 5.75 Å². The summed E-state index contributed by atoms with van der Waals surface area (Å²) < 4.78 is 45.6. The lowest BCUT2D eigenvalue weighted by atomic mass is 10.2. The number of amides is 1. The Kier molecular flexibility index (Phi) is 6.39. The van der Waals surface area contributed by atoms with Gasteiger partial charge in [-0.1, -0.05) is 30.3 Å². The van der Waals surface area contributed by atoms with Gasteiger partial charge in [-0.25, -0.2) is 13.2 Å². The first kappa shape index (κ1) is 20.3. The second-order valence-corrected chi connectivity index (χ2v) is 6.38. The Morgan fingerprint density at radius 3 is 2.31 bits per heavy atom. The molecule has 0 heterocycles. The van der Waals surface area contributed by atoms with Gasteiger partial charge in [-0.15, -0.1) is 0 Å². The fourth-order valence-corrected chi connectivity index (χ4v) is 2.57. The zero-order valence-electron chi connectivity index (χ0n) is 15.6. The van der Waals surface area contributed by atoms with Crippen molar-refractivity contribution in [3.8, 4) is 5.75 Å². The van der Waals surface area contributed by atoms with Crippen molar-refractivity contribution >= 4 is 17.3 Å². The molecule has 0 saturated heterocycles. The van der Waals surface area contributed by atoms with Crippen molar-refractivity contribution < 1.29 is 22.7 Å². The van der Waals surface area contributed by atoms with Gasteiger partial charge in [0.1, 0.15) is 18.4 Å². The zero-order valence-corrected chi connectivity index (χ0v) is 15.6. The van der Waals surface area contributed by atoms with Crippen LogP contribution in [0.1, 0.15) is 12.5 Å². The third-order valence-corrected chi connectivity index (χ3v) is 4.17. The van der Waals surface area contributed by atoms with Crippen molar-refractivity contribution in [2.45, 2.75) is 19.6 Å². The third kappa shape index (κ3) is 5.28. The molecule has 0 bridgehead atoms. The number of anilines is 2. The van der Waals surface area contributed by atoms with Crippen LogP contribution in [0.15, 0.2) is 66.7 Å². The van der Waals surface area contributed by atoms with E-state index in [2.05, 4.69) is 10.6 Å². The van der Waals surface area contributed by atoms with Crippen LogP contribution in [-0.2, 0) is 11.4 Å². The number of hydrogen-bond donors (Lipinski definition) is 2. The van der Waals surface area contributed by atoms with Gasteiger partial charge in [0.2, 0.25) is 5.91 Å². The molecular weight excluding hydrogens is 381 g/mol.